The SMILES string of the molecule is C.NC[C@H](NC(=O)c1ccc(C#Cc2ccc(CNC3CCCCC3)cc2)cc1)C(=O)NO. The molecular formula is C26H34N4O3. The van der Waals surface area contributed by atoms with Gasteiger partial charge in [0, 0.05) is 35.8 Å². The molecule has 0 aliphatic heterocycles. The molecule has 0 saturated heterocycles. The fourth-order valence-electron chi connectivity index (χ4n) is 3.68. The molecule has 1 fully saturated rings. The zero-order valence-electron chi connectivity index (χ0n) is 18.1. The van der Waals surface area contributed by atoms with Crippen LogP contribution in [0.1, 0.15) is 66.6 Å². The molecule has 0 unspecified atom stereocenters. The minimum Gasteiger partial charge on any atom is -0.339 e. The minimum atomic E-state index is -1.01. The molecule has 1 aliphatic carbocycles. The molecule has 0 aromatic heterocycles. The van der Waals surface area contributed by atoms with Crippen molar-refractivity contribution in [3.63, 3.8) is 0 Å². The molecule has 3 rings (SSSR count). The molecule has 176 valence electrons. The maximum absolute atomic E-state index is 12.2. The molecule has 6 N–H and O–H groups in total. The second-order valence-corrected chi connectivity index (χ2v) is 7.98. The molecule has 0 spiro atoms. The maximum Gasteiger partial charge on any atom is 0.267 e. The molecule has 33 heavy (non-hydrogen) atoms. The van der Waals surface area contributed by atoms with Crippen molar-refractivity contribution in [2.75, 3.05) is 6.54 Å². The third-order valence-corrected chi connectivity index (χ3v) is 5.62. The second kappa shape index (κ2) is 13.4. The van der Waals surface area contributed by atoms with Gasteiger partial charge in [0.25, 0.3) is 11.8 Å². The summed E-state index contributed by atoms with van der Waals surface area (Å²) in [5.41, 5.74) is 10.2. The van der Waals surface area contributed by atoms with E-state index in [0.717, 1.165) is 17.7 Å². The van der Waals surface area contributed by atoms with E-state index in [0.29, 0.717) is 11.6 Å². The maximum atomic E-state index is 12.2. The highest BCUT2D eigenvalue weighted by Crippen LogP contribution is 2.18. The number of benzene rings is 2. The number of nitrogens with two attached hydrogens (primary N) is 1. The first kappa shape index (κ1) is 26.1. The average molecular weight is 451 g/mol. The van der Waals surface area contributed by atoms with E-state index in [1.165, 1.54) is 43.1 Å². The first-order chi connectivity index (χ1) is 15.6. The molecule has 0 heterocycles. The lowest BCUT2D eigenvalue weighted by Gasteiger charge is -2.22. The van der Waals surface area contributed by atoms with E-state index in [1.54, 1.807) is 24.3 Å². The Balaban J connectivity index is 0.00000385. The van der Waals surface area contributed by atoms with Gasteiger partial charge in [0.05, 0.1) is 0 Å². The number of carbonyl (C=O) groups is 2. The smallest absolute Gasteiger partial charge is 0.267 e. The van der Waals surface area contributed by atoms with Crippen LogP contribution in [0.15, 0.2) is 48.5 Å². The van der Waals surface area contributed by atoms with E-state index in [-0.39, 0.29) is 14.0 Å². The summed E-state index contributed by atoms with van der Waals surface area (Å²) >= 11 is 0. The Labute approximate surface area is 196 Å². The van der Waals surface area contributed by atoms with E-state index in [9.17, 15) is 9.59 Å². The van der Waals surface area contributed by atoms with Gasteiger partial charge in [-0.15, -0.1) is 0 Å². The van der Waals surface area contributed by atoms with Crippen LogP contribution in [0.5, 0.6) is 0 Å². The highest BCUT2D eigenvalue weighted by atomic mass is 16.5. The Hall–Kier alpha value is -3.18. The molecule has 7 heteroatoms. The largest absolute Gasteiger partial charge is 0.339 e. The summed E-state index contributed by atoms with van der Waals surface area (Å²) in [6.07, 6.45) is 6.56. The van der Waals surface area contributed by atoms with Crippen LogP contribution < -0.4 is 21.8 Å². The normalized spacial score (nSPS) is 14.2. The van der Waals surface area contributed by atoms with E-state index in [1.807, 2.05) is 12.1 Å². The lowest BCUT2D eigenvalue weighted by molar-refractivity contribution is -0.130. The van der Waals surface area contributed by atoms with Crippen LogP contribution >= 0.6 is 0 Å². The molecule has 1 saturated carbocycles. The van der Waals surface area contributed by atoms with Gasteiger partial charge in [0.15, 0.2) is 0 Å². The number of amides is 2. The molecule has 7 nitrogen and oxygen atoms in total. The number of hydroxylamine groups is 1. The molecule has 2 aromatic carbocycles. The van der Waals surface area contributed by atoms with Crippen molar-refractivity contribution in [1.29, 1.82) is 0 Å². The average Bonchev–Trinajstić information content (AvgIpc) is 2.85. The van der Waals surface area contributed by atoms with Crippen LogP contribution in [0.3, 0.4) is 0 Å². The summed E-state index contributed by atoms with van der Waals surface area (Å²) in [5, 5.41) is 14.8. The number of hydrogen-bond acceptors (Lipinski definition) is 5. The Morgan fingerprint density at radius 2 is 1.55 bits per heavy atom. The molecule has 1 atom stereocenters. The number of carbonyl (C=O) groups excluding carboxylic acids is 2. The van der Waals surface area contributed by atoms with E-state index >= 15 is 0 Å². The lowest BCUT2D eigenvalue weighted by Crippen LogP contribution is -2.50. The number of nitrogens with one attached hydrogen (secondary N) is 3. The Morgan fingerprint density at radius 3 is 2.09 bits per heavy atom. The highest BCUT2D eigenvalue weighted by molar-refractivity contribution is 5.97. The molecular weight excluding hydrogens is 416 g/mol. The van der Waals surface area contributed by atoms with Gasteiger partial charge in [-0.2, -0.15) is 0 Å². The molecule has 0 radical (unpaired) electrons. The van der Waals surface area contributed by atoms with Crippen LogP contribution in [0.25, 0.3) is 0 Å². The summed E-state index contributed by atoms with van der Waals surface area (Å²) in [6.45, 7) is 0.754. The summed E-state index contributed by atoms with van der Waals surface area (Å²) in [5.74, 6) is 5.01. The van der Waals surface area contributed by atoms with Gasteiger partial charge in [-0.3, -0.25) is 14.8 Å². The third-order valence-electron chi connectivity index (χ3n) is 5.62. The van der Waals surface area contributed by atoms with Crippen LogP contribution in [-0.4, -0.2) is 35.7 Å². The van der Waals surface area contributed by atoms with Crippen molar-refractivity contribution in [3.05, 3.63) is 70.8 Å². The van der Waals surface area contributed by atoms with Crippen LogP contribution in [0.2, 0.25) is 0 Å². The summed E-state index contributed by atoms with van der Waals surface area (Å²) in [6, 6.07) is 14.6. The predicted octanol–water partition coefficient (Wildman–Crippen LogP) is 2.71. The van der Waals surface area contributed by atoms with Crippen molar-refractivity contribution in [2.45, 2.75) is 58.2 Å². The minimum absolute atomic E-state index is 0. The van der Waals surface area contributed by atoms with Crippen molar-refractivity contribution < 1.29 is 14.8 Å². The lowest BCUT2D eigenvalue weighted by atomic mass is 9.95. The van der Waals surface area contributed by atoms with Gasteiger partial charge < -0.3 is 16.4 Å². The van der Waals surface area contributed by atoms with Gasteiger partial charge in [-0.25, -0.2) is 5.48 Å². The molecule has 1 aliphatic rings. The zero-order chi connectivity index (χ0) is 22.8. The molecule has 2 aromatic rings. The number of hydrogen-bond donors (Lipinski definition) is 5. The first-order valence-corrected chi connectivity index (χ1v) is 11.0. The van der Waals surface area contributed by atoms with Crippen LogP contribution in [0.4, 0.5) is 0 Å². The predicted molar refractivity (Wildman–Crippen MR) is 130 cm³/mol. The second-order valence-electron chi connectivity index (χ2n) is 7.98. The van der Waals surface area contributed by atoms with Gasteiger partial charge in [-0.1, -0.05) is 50.7 Å². The quantitative estimate of drug-likeness (QED) is 0.253. The third kappa shape index (κ3) is 8.03. The fraction of sp³-hybridized carbons (Fsp3) is 0.385. The Bertz CT molecular complexity index is 956. The summed E-state index contributed by atoms with van der Waals surface area (Å²) < 4.78 is 0. The zero-order valence-corrected chi connectivity index (χ0v) is 18.1. The van der Waals surface area contributed by atoms with Crippen LogP contribution in [0, 0.1) is 11.8 Å². The molecule has 2 amide bonds. The van der Waals surface area contributed by atoms with E-state index < -0.39 is 17.9 Å². The van der Waals surface area contributed by atoms with E-state index in [4.69, 9.17) is 10.9 Å². The standard InChI is InChI=1S/C25H30N4O3.CH4/c26-16-23(25(31)29-32)28-24(30)21-14-12-19(13-15-21)7-6-18-8-10-20(11-9-18)17-27-22-4-2-1-3-5-22;/h8-15,22-23,27,32H,1-5,16-17,26H2,(H,28,30)(H,29,31);1H4/t23-;/m0./s1. The summed E-state index contributed by atoms with van der Waals surface area (Å²) in [4.78, 5) is 23.7. The monoisotopic (exact) mass is 450 g/mol. The topological polar surface area (TPSA) is 116 Å². The van der Waals surface area contributed by atoms with Crippen molar-refractivity contribution in [3.8, 4) is 11.8 Å². The van der Waals surface area contributed by atoms with E-state index in [2.05, 4.69) is 34.6 Å². The Kier molecular flexibility index (Phi) is 10.6. The van der Waals surface area contributed by atoms with Crippen molar-refractivity contribution in [1.82, 2.24) is 16.1 Å². The van der Waals surface area contributed by atoms with Gasteiger partial charge >= 0.3 is 0 Å². The van der Waals surface area contributed by atoms with Gasteiger partial charge in [0.2, 0.25) is 0 Å². The van der Waals surface area contributed by atoms with Crippen LogP contribution in [-0.2, 0) is 11.3 Å². The van der Waals surface area contributed by atoms with Crippen molar-refractivity contribution >= 4 is 11.8 Å². The number of rotatable bonds is 7. The van der Waals surface area contributed by atoms with Gasteiger partial charge in [-0.05, 0) is 54.8 Å². The highest BCUT2D eigenvalue weighted by Gasteiger charge is 2.19. The van der Waals surface area contributed by atoms with Crippen molar-refractivity contribution in [2.24, 2.45) is 5.73 Å². The molecule has 0 bridgehead atoms. The first-order valence-electron chi connectivity index (χ1n) is 11.0. The van der Waals surface area contributed by atoms with Gasteiger partial charge in [0.1, 0.15) is 6.04 Å². The Morgan fingerprint density at radius 1 is 0.970 bits per heavy atom. The fourth-order valence-corrected chi connectivity index (χ4v) is 3.68. The summed E-state index contributed by atoms with van der Waals surface area (Å²) in [7, 11) is 0.